The van der Waals surface area contributed by atoms with Crippen molar-refractivity contribution in [2.45, 2.75) is 26.1 Å². The van der Waals surface area contributed by atoms with Gasteiger partial charge in [-0.1, -0.05) is 24.1 Å². The number of ether oxygens (including phenoxy) is 2. The van der Waals surface area contributed by atoms with Crippen molar-refractivity contribution in [2.24, 2.45) is 4.99 Å². The van der Waals surface area contributed by atoms with Crippen molar-refractivity contribution < 1.29 is 31.8 Å². The van der Waals surface area contributed by atoms with Gasteiger partial charge in [0.2, 0.25) is 0 Å². The highest BCUT2D eigenvalue weighted by Crippen LogP contribution is 2.47. The number of halogens is 4. The molecule has 1 aliphatic heterocycles. The van der Waals surface area contributed by atoms with Crippen LogP contribution in [0.1, 0.15) is 11.8 Å². The molecule has 0 atom stereocenters. The number of aromatic nitrogens is 1. The molecule has 1 aromatic heterocycles. The normalized spacial score (nSPS) is 15.9. The maximum Gasteiger partial charge on any atom is 0.507 e. The molecule has 0 spiro atoms. The number of hydrogen-bond donors (Lipinski definition) is 0. The minimum Gasteiger partial charge on any atom is -0.421 e. The number of nitrogens with zero attached hydrogens (tertiary/aromatic N) is 3. The molecular weight excluding hydrogens is 474 g/mol. The van der Waals surface area contributed by atoms with E-state index in [0.29, 0.717) is 5.69 Å². The van der Waals surface area contributed by atoms with Crippen LogP contribution in [0.15, 0.2) is 59.7 Å². The van der Waals surface area contributed by atoms with Gasteiger partial charge in [0.25, 0.3) is 0 Å². The fourth-order valence-corrected chi connectivity index (χ4v) is 3.93. The Bertz CT molecular complexity index is 1360. The SMILES string of the molecule is CC#CCN(C(=O)N=c1sc(C)cn1-c1ccc2c(c1)OC(F)(F)C(F)(F)O2)c1ccccc1. The number of anilines is 1. The zero-order valence-electron chi connectivity index (χ0n) is 17.9. The second kappa shape index (κ2) is 8.87. The zero-order chi connectivity index (χ0) is 24.5. The second-order valence-electron chi connectivity index (χ2n) is 7.11. The number of thiazole rings is 1. The minimum atomic E-state index is -4.84. The molecule has 0 N–H and O–H groups in total. The maximum atomic E-state index is 13.6. The van der Waals surface area contributed by atoms with Gasteiger partial charge in [-0.2, -0.15) is 22.6 Å². The number of aryl methyl sites for hydroxylation is 1. The Labute approximate surface area is 195 Å². The van der Waals surface area contributed by atoms with E-state index in [9.17, 15) is 22.4 Å². The molecule has 0 aliphatic carbocycles. The number of benzene rings is 2. The summed E-state index contributed by atoms with van der Waals surface area (Å²) in [6.45, 7) is 3.54. The summed E-state index contributed by atoms with van der Waals surface area (Å²) in [5, 5.41) is 0. The molecule has 2 aromatic carbocycles. The van der Waals surface area contributed by atoms with E-state index < -0.39 is 29.7 Å². The summed E-state index contributed by atoms with van der Waals surface area (Å²) in [6, 6.07) is 11.8. The summed E-state index contributed by atoms with van der Waals surface area (Å²) < 4.78 is 63.9. The van der Waals surface area contributed by atoms with Crippen LogP contribution in [0, 0.1) is 18.8 Å². The molecule has 0 saturated carbocycles. The van der Waals surface area contributed by atoms with E-state index in [4.69, 9.17) is 0 Å². The van der Waals surface area contributed by atoms with Crippen LogP contribution in [-0.4, -0.2) is 29.4 Å². The molecule has 2 amide bonds. The molecule has 6 nitrogen and oxygen atoms in total. The first kappa shape index (κ1) is 23.4. The summed E-state index contributed by atoms with van der Waals surface area (Å²) in [6.07, 6.45) is -8.01. The number of fused-ring (bicyclic) bond motifs is 1. The number of para-hydroxylation sites is 1. The van der Waals surface area contributed by atoms with Gasteiger partial charge in [-0.25, -0.2) is 4.79 Å². The van der Waals surface area contributed by atoms with Gasteiger partial charge >= 0.3 is 18.2 Å². The summed E-state index contributed by atoms with van der Waals surface area (Å²) in [4.78, 5) is 19.7. The highest BCUT2D eigenvalue weighted by atomic mass is 32.1. The Hall–Kier alpha value is -3.78. The fourth-order valence-electron chi connectivity index (χ4n) is 3.10. The van der Waals surface area contributed by atoms with E-state index in [1.54, 1.807) is 44.3 Å². The number of rotatable bonds is 3. The van der Waals surface area contributed by atoms with E-state index in [0.717, 1.165) is 17.0 Å². The molecule has 176 valence electrons. The van der Waals surface area contributed by atoms with E-state index in [2.05, 4.69) is 26.3 Å². The van der Waals surface area contributed by atoms with Crippen LogP contribution < -0.4 is 19.2 Å². The third-order valence-corrected chi connectivity index (χ3v) is 5.59. The average molecular weight is 491 g/mol. The van der Waals surface area contributed by atoms with Crippen molar-refractivity contribution in [2.75, 3.05) is 11.4 Å². The van der Waals surface area contributed by atoms with Gasteiger partial charge < -0.3 is 9.47 Å². The van der Waals surface area contributed by atoms with Crippen molar-refractivity contribution in [3.63, 3.8) is 0 Å². The van der Waals surface area contributed by atoms with Gasteiger partial charge in [-0.05, 0) is 38.1 Å². The summed E-state index contributed by atoms with van der Waals surface area (Å²) in [5.41, 5.74) is 0.861. The zero-order valence-corrected chi connectivity index (χ0v) is 18.7. The lowest BCUT2D eigenvalue weighted by atomic mass is 10.2. The molecule has 34 heavy (non-hydrogen) atoms. The van der Waals surface area contributed by atoms with Crippen LogP contribution in [-0.2, 0) is 0 Å². The van der Waals surface area contributed by atoms with Crippen LogP contribution in [0.3, 0.4) is 0 Å². The van der Waals surface area contributed by atoms with Crippen molar-refractivity contribution in [1.82, 2.24) is 4.57 Å². The Morgan fingerprint density at radius 3 is 2.44 bits per heavy atom. The summed E-state index contributed by atoms with van der Waals surface area (Å²) in [5.74, 6) is 4.49. The van der Waals surface area contributed by atoms with Crippen LogP contribution in [0.5, 0.6) is 11.5 Å². The van der Waals surface area contributed by atoms with E-state index in [1.165, 1.54) is 26.9 Å². The van der Waals surface area contributed by atoms with Crippen LogP contribution in [0.2, 0.25) is 0 Å². The Kier molecular flexibility index (Phi) is 6.10. The Morgan fingerprint density at radius 1 is 1.09 bits per heavy atom. The first-order valence-corrected chi connectivity index (χ1v) is 10.7. The van der Waals surface area contributed by atoms with Gasteiger partial charge in [0.05, 0.1) is 12.2 Å². The molecule has 0 unspecified atom stereocenters. The standard InChI is InChI=1S/C23H17F4N3O3S/c1-3-4-12-29(16-8-6-5-7-9-16)20(31)28-21-30(14-15(2)34-21)17-10-11-18-19(13-17)33-23(26,27)22(24,25)32-18/h5-11,13-14H,12H2,1-2H3. The molecule has 0 bridgehead atoms. The van der Waals surface area contributed by atoms with Gasteiger partial charge in [-0.3, -0.25) is 9.47 Å². The van der Waals surface area contributed by atoms with E-state index in [-0.39, 0.29) is 17.0 Å². The number of hydrogen-bond acceptors (Lipinski definition) is 4. The first-order valence-electron chi connectivity index (χ1n) is 9.89. The number of carbonyl (C=O) groups excluding carboxylic acids is 1. The lowest BCUT2D eigenvalue weighted by Gasteiger charge is -2.31. The maximum absolute atomic E-state index is 13.6. The van der Waals surface area contributed by atoms with Crippen LogP contribution >= 0.6 is 11.3 Å². The second-order valence-corrected chi connectivity index (χ2v) is 8.32. The van der Waals surface area contributed by atoms with Crippen molar-refractivity contribution in [1.29, 1.82) is 0 Å². The van der Waals surface area contributed by atoms with E-state index >= 15 is 0 Å². The van der Waals surface area contributed by atoms with Crippen molar-refractivity contribution >= 4 is 23.1 Å². The highest BCUT2D eigenvalue weighted by Gasteiger charge is 2.65. The third-order valence-electron chi connectivity index (χ3n) is 4.69. The molecule has 11 heteroatoms. The summed E-state index contributed by atoms with van der Waals surface area (Å²) in [7, 11) is 0. The lowest BCUT2D eigenvalue weighted by molar-refractivity contribution is -0.391. The molecule has 4 rings (SSSR count). The molecule has 0 fully saturated rings. The number of carbonyl (C=O) groups is 1. The monoisotopic (exact) mass is 491 g/mol. The predicted molar refractivity (Wildman–Crippen MR) is 118 cm³/mol. The highest BCUT2D eigenvalue weighted by molar-refractivity contribution is 7.09. The van der Waals surface area contributed by atoms with Gasteiger partial charge in [0.15, 0.2) is 16.3 Å². The molecule has 0 radical (unpaired) electrons. The molecule has 0 saturated heterocycles. The fraction of sp³-hybridized carbons (Fsp3) is 0.217. The first-order chi connectivity index (χ1) is 16.1. The Morgan fingerprint density at radius 2 is 1.76 bits per heavy atom. The Balaban J connectivity index is 1.74. The smallest absolute Gasteiger partial charge is 0.421 e. The quantitative estimate of drug-likeness (QED) is 0.367. The largest absolute Gasteiger partial charge is 0.507 e. The van der Waals surface area contributed by atoms with Crippen molar-refractivity contribution in [3.8, 4) is 29.0 Å². The topological polar surface area (TPSA) is 56.1 Å². The lowest BCUT2D eigenvalue weighted by Crippen LogP contribution is -2.52. The van der Waals surface area contributed by atoms with Gasteiger partial charge in [0, 0.05) is 22.8 Å². The third kappa shape index (κ3) is 4.49. The van der Waals surface area contributed by atoms with E-state index in [1.807, 2.05) is 6.07 Å². The average Bonchev–Trinajstić information content (AvgIpc) is 3.14. The van der Waals surface area contributed by atoms with Crippen molar-refractivity contribution in [3.05, 3.63) is 64.4 Å². The van der Waals surface area contributed by atoms with Gasteiger partial charge in [0.1, 0.15) is 0 Å². The number of amides is 2. The summed E-state index contributed by atoms with van der Waals surface area (Å²) >= 11 is 1.18. The van der Waals surface area contributed by atoms with Gasteiger partial charge in [-0.15, -0.1) is 17.3 Å². The molecular formula is C23H17F4N3O3S. The molecule has 1 aliphatic rings. The van der Waals surface area contributed by atoms with Crippen LogP contribution in [0.4, 0.5) is 28.0 Å². The predicted octanol–water partition coefficient (Wildman–Crippen LogP) is 5.35. The van der Waals surface area contributed by atoms with Crippen LogP contribution in [0.25, 0.3) is 5.69 Å². The molecule has 3 aromatic rings. The number of urea groups is 1. The minimum absolute atomic E-state index is 0.112. The number of alkyl halides is 4. The molecule has 2 heterocycles.